The van der Waals surface area contributed by atoms with E-state index in [9.17, 15) is 4.79 Å². The molecule has 0 bridgehead atoms. The van der Waals surface area contributed by atoms with E-state index in [4.69, 9.17) is 0 Å². The maximum atomic E-state index is 11.9. The van der Waals surface area contributed by atoms with Crippen molar-refractivity contribution in [3.8, 4) is 0 Å². The zero-order chi connectivity index (χ0) is 11.8. The molecule has 3 heterocycles. The molecule has 0 spiro atoms. The van der Waals surface area contributed by atoms with E-state index in [1.165, 1.54) is 0 Å². The van der Waals surface area contributed by atoms with Crippen LogP contribution >= 0.6 is 0 Å². The van der Waals surface area contributed by atoms with E-state index in [0.29, 0.717) is 0 Å². The van der Waals surface area contributed by atoms with Crippen molar-refractivity contribution >= 4 is 11.4 Å². The second-order valence-electron chi connectivity index (χ2n) is 4.30. The fourth-order valence-electron chi connectivity index (χ4n) is 2.24. The van der Waals surface area contributed by atoms with Gasteiger partial charge in [-0.15, -0.1) is 0 Å². The minimum Gasteiger partial charge on any atom is -0.330 e. The summed E-state index contributed by atoms with van der Waals surface area (Å²) < 4.78 is 1.97. The van der Waals surface area contributed by atoms with Gasteiger partial charge in [-0.2, -0.15) is 0 Å². The van der Waals surface area contributed by atoms with Crippen molar-refractivity contribution in [1.82, 2.24) is 14.7 Å². The van der Waals surface area contributed by atoms with Gasteiger partial charge in [-0.25, -0.2) is 4.98 Å². The van der Waals surface area contributed by atoms with E-state index in [2.05, 4.69) is 16.9 Å². The Morgan fingerprint density at radius 2 is 2.35 bits per heavy atom. The van der Waals surface area contributed by atoms with Gasteiger partial charge in [-0.3, -0.25) is 4.79 Å². The van der Waals surface area contributed by atoms with E-state index in [1.807, 2.05) is 28.8 Å². The number of carbonyl (C=O) groups is 1. The number of hydrogen-bond donors (Lipinski definition) is 1. The molecule has 86 valence electrons. The molecule has 1 aliphatic heterocycles. The number of aromatic nitrogens is 2. The summed E-state index contributed by atoms with van der Waals surface area (Å²) in [7, 11) is 0. The lowest BCUT2D eigenvalue weighted by molar-refractivity contribution is -0.123. The lowest BCUT2D eigenvalue weighted by atomic mass is 9.96. The molecular formula is C13H13N3O. The molecule has 4 heteroatoms. The number of carbonyl (C=O) groups excluding carboxylic acids is 1. The third-order valence-electron chi connectivity index (χ3n) is 3.13. The second-order valence-corrected chi connectivity index (χ2v) is 4.30. The highest BCUT2D eigenvalue weighted by Gasteiger charge is 2.28. The van der Waals surface area contributed by atoms with Crippen molar-refractivity contribution in [2.45, 2.75) is 18.8 Å². The quantitative estimate of drug-likeness (QED) is 0.808. The van der Waals surface area contributed by atoms with E-state index in [-0.39, 0.29) is 11.8 Å². The van der Waals surface area contributed by atoms with Crippen LogP contribution in [0.2, 0.25) is 0 Å². The molecule has 0 saturated carbocycles. The molecule has 1 atom stereocenters. The van der Waals surface area contributed by atoms with Crippen LogP contribution in [0.25, 0.3) is 5.52 Å². The van der Waals surface area contributed by atoms with E-state index in [0.717, 1.165) is 29.9 Å². The normalized spacial score (nSPS) is 20.6. The predicted octanol–water partition coefficient (Wildman–Crippen LogP) is 1.84. The van der Waals surface area contributed by atoms with Crippen molar-refractivity contribution in [2.75, 3.05) is 0 Å². The number of nitrogens with one attached hydrogen (secondary N) is 1. The summed E-state index contributed by atoms with van der Waals surface area (Å²) in [6, 6.07) is 5.89. The molecule has 1 N–H and O–H groups in total. The van der Waals surface area contributed by atoms with Gasteiger partial charge in [0.2, 0.25) is 5.91 Å². The number of imidazole rings is 1. The molecule has 17 heavy (non-hydrogen) atoms. The SMILES string of the molecule is C=C1CCC(c2ncc3ccccn23)C(=O)N1. The van der Waals surface area contributed by atoms with Gasteiger partial charge >= 0.3 is 0 Å². The fraction of sp³-hybridized carbons (Fsp3) is 0.231. The van der Waals surface area contributed by atoms with Gasteiger partial charge in [0.25, 0.3) is 0 Å². The number of fused-ring (bicyclic) bond motifs is 1. The van der Waals surface area contributed by atoms with Crippen molar-refractivity contribution in [3.63, 3.8) is 0 Å². The summed E-state index contributed by atoms with van der Waals surface area (Å²) in [6.45, 7) is 3.78. The maximum absolute atomic E-state index is 11.9. The predicted molar refractivity (Wildman–Crippen MR) is 64.4 cm³/mol. The second kappa shape index (κ2) is 3.73. The van der Waals surface area contributed by atoms with Crippen molar-refractivity contribution in [1.29, 1.82) is 0 Å². The topological polar surface area (TPSA) is 46.4 Å². The minimum atomic E-state index is -0.176. The molecule has 1 fully saturated rings. The van der Waals surface area contributed by atoms with Crippen molar-refractivity contribution < 1.29 is 4.79 Å². The molecule has 1 aliphatic rings. The third kappa shape index (κ3) is 1.62. The van der Waals surface area contributed by atoms with Crippen LogP contribution in [0.15, 0.2) is 42.9 Å². The highest BCUT2D eigenvalue weighted by Crippen LogP contribution is 2.26. The van der Waals surface area contributed by atoms with Crippen LogP contribution in [0, 0.1) is 0 Å². The van der Waals surface area contributed by atoms with Crippen LogP contribution in [-0.4, -0.2) is 15.3 Å². The molecule has 1 saturated heterocycles. The maximum Gasteiger partial charge on any atom is 0.234 e. The fourth-order valence-corrected chi connectivity index (χ4v) is 2.24. The summed E-state index contributed by atoms with van der Waals surface area (Å²) in [5, 5.41) is 2.80. The van der Waals surface area contributed by atoms with E-state index < -0.39 is 0 Å². The smallest absolute Gasteiger partial charge is 0.234 e. The van der Waals surface area contributed by atoms with Crippen LogP contribution < -0.4 is 5.32 Å². The first-order valence-corrected chi connectivity index (χ1v) is 5.66. The summed E-state index contributed by atoms with van der Waals surface area (Å²) in [4.78, 5) is 16.3. The number of rotatable bonds is 1. The standard InChI is InChI=1S/C13H13N3O/c1-9-5-6-11(13(17)15-9)12-14-8-10-4-2-3-7-16(10)12/h2-4,7-8,11H,1,5-6H2,(H,15,17). The number of allylic oxidation sites excluding steroid dienone is 1. The monoisotopic (exact) mass is 227 g/mol. The summed E-state index contributed by atoms with van der Waals surface area (Å²) >= 11 is 0. The van der Waals surface area contributed by atoms with Crippen molar-refractivity contribution in [3.05, 3.63) is 48.7 Å². The Kier molecular flexibility index (Phi) is 2.21. The Morgan fingerprint density at radius 1 is 1.47 bits per heavy atom. The molecule has 1 unspecified atom stereocenters. The van der Waals surface area contributed by atoms with Crippen molar-refractivity contribution in [2.24, 2.45) is 0 Å². The number of nitrogens with zero attached hydrogens (tertiary/aromatic N) is 2. The Bertz CT molecular complexity index is 599. The molecule has 4 nitrogen and oxygen atoms in total. The molecule has 3 rings (SSSR count). The lowest BCUT2D eigenvalue weighted by Gasteiger charge is -2.22. The first kappa shape index (κ1) is 10.1. The average molecular weight is 227 g/mol. The highest BCUT2D eigenvalue weighted by atomic mass is 16.2. The number of piperidine rings is 1. The molecule has 1 amide bonds. The number of pyridine rings is 1. The van der Waals surface area contributed by atoms with Gasteiger partial charge < -0.3 is 9.72 Å². The van der Waals surface area contributed by atoms with Gasteiger partial charge in [-0.1, -0.05) is 12.6 Å². The van der Waals surface area contributed by atoms with Crippen LogP contribution in [0.1, 0.15) is 24.6 Å². The third-order valence-corrected chi connectivity index (χ3v) is 3.13. The summed E-state index contributed by atoms with van der Waals surface area (Å²) in [5.41, 5.74) is 1.81. The van der Waals surface area contributed by atoms with Crippen LogP contribution in [0.3, 0.4) is 0 Å². The summed E-state index contributed by atoms with van der Waals surface area (Å²) in [6.07, 6.45) is 5.33. The van der Waals surface area contributed by atoms with Crippen LogP contribution in [0.5, 0.6) is 0 Å². The van der Waals surface area contributed by atoms with Crippen LogP contribution in [-0.2, 0) is 4.79 Å². The number of hydrogen-bond acceptors (Lipinski definition) is 2. The van der Waals surface area contributed by atoms with Gasteiger partial charge in [0.15, 0.2) is 0 Å². The van der Waals surface area contributed by atoms with Gasteiger partial charge in [0, 0.05) is 11.9 Å². The summed E-state index contributed by atoms with van der Waals surface area (Å²) in [5.74, 6) is 0.633. The van der Waals surface area contributed by atoms with Crippen LogP contribution in [0.4, 0.5) is 0 Å². The Labute approximate surface area is 99.0 Å². The number of amides is 1. The Hall–Kier alpha value is -2.10. The van der Waals surface area contributed by atoms with E-state index >= 15 is 0 Å². The first-order chi connectivity index (χ1) is 8.25. The Balaban J connectivity index is 2.04. The molecule has 2 aromatic heterocycles. The lowest BCUT2D eigenvalue weighted by Crippen LogP contribution is -2.34. The van der Waals surface area contributed by atoms with Gasteiger partial charge in [0.1, 0.15) is 5.82 Å². The molecule has 0 aliphatic carbocycles. The molecule has 0 aromatic carbocycles. The minimum absolute atomic E-state index is 0.00222. The Morgan fingerprint density at radius 3 is 3.18 bits per heavy atom. The molecule has 2 aromatic rings. The highest BCUT2D eigenvalue weighted by molar-refractivity contribution is 5.85. The van der Waals surface area contributed by atoms with E-state index in [1.54, 1.807) is 6.20 Å². The largest absolute Gasteiger partial charge is 0.330 e. The zero-order valence-electron chi connectivity index (χ0n) is 9.39. The first-order valence-electron chi connectivity index (χ1n) is 5.66. The molecular weight excluding hydrogens is 214 g/mol. The molecule has 0 radical (unpaired) electrons. The average Bonchev–Trinajstić information content (AvgIpc) is 2.73. The van der Waals surface area contributed by atoms with Gasteiger partial charge in [0.05, 0.1) is 17.6 Å². The zero-order valence-corrected chi connectivity index (χ0v) is 9.39. The van der Waals surface area contributed by atoms with Gasteiger partial charge in [-0.05, 0) is 25.0 Å².